The first-order valence-electron chi connectivity index (χ1n) is 3.10. The zero-order chi connectivity index (χ0) is 8.85. The van der Waals surface area contributed by atoms with Crippen molar-refractivity contribution in [2.45, 2.75) is 13.0 Å². The molecule has 1 atom stereocenters. The molecule has 6 heteroatoms. The number of carbonyl (C=O) groups is 2. The van der Waals surface area contributed by atoms with Gasteiger partial charge in [-0.2, -0.15) is 0 Å². The van der Waals surface area contributed by atoms with Crippen LogP contribution >= 0.6 is 0 Å². The van der Waals surface area contributed by atoms with Crippen LogP contribution in [0.2, 0.25) is 0 Å². The average Bonchev–Trinajstić information content (AvgIpc) is 1.87. The summed E-state index contributed by atoms with van der Waals surface area (Å²) in [5, 5.41) is 3.43. The molecule has 0 aromatic rings. The number of hydrogen-bond acceptors (Lipinski definition) is 3. The molecule has 0 saturated carbocycles. The number of ether oxygens (including phenoxy) is 1. The molecule has 0 aliphatic rings. The summed E-state index contributed by atoms with van der Waals surface area (Å²) in [7, 11) is 1.38. The van der Waals surface area contributed by atoms with Gasteiger partial charge < -0.3 is 20.6 Å². The Labute approximate surface area is 120 Å². The van der Waals surface area contributed by atoms with Crippen LogP contribution < -0.4 is 63.9 Å². The Morgan fingerprint density at radius 2 is 2.08 bits per heavy atom. The van der Waals surface area contributed by atoms with Crippen LogP contribution in [0.25, 0.3) is 5.32 Å². The fourth-order valence-corrected chi connectivity index (χ4v) is 0.440. The second kappa shape index (κ2) is 8.31. The number of carbonyl (C=O) groups excluding carboxylic acids is 2. The minimum absolute atomic E-state index is 0. The number of nitrogens with two attached hydrogens (primary N) is 1. The zero-order valence-corrected chi connectivity index (χ0v) is 12.4. The van der Waals surface area contributed by atoms with Gasteiger partial charge in [-0.05, 0) is 6.04 Å². The van der Waals surface area contributed by atoms with Gasteiger partial charge in [-0.1, -0.05) is 6.92 Å². The number of hydrogen-bond donors (Lipinski definition) is 1. The van der Waals surface area contributed by atoms with Crippen molar-refractivity contribution in [3.8, 4) is 0 Å². The molecule has 0 bridgehead atoms. The topological polar surface area (TPSA) is 83.5 Å². The summed E-state index contributed by atoms with van der Waals surface area (Å²) < 4.78 is 4.49. The smallest absolute Gasteiger partial charge is 0.641 e. The Bertz CT molecular complexity index is 163. The van der Waals surface area contributed by atoms with Gasteiger partial charge in [-0.15, -0.1) is 0 Å². The Morgan fingerprint density at radius 1 is 1.58 bits per heavy atom. The van der Waals surface area contributed by atoms with Crippen LogP contribution in [0, 0.1) is 0 Å². The minimum atomic E-state index is -0.766. The summed E-state index contributed by atoms with van der Waals surface area (Å²) in [6, 6.07) is -0.766. The molecule has 0 aromatic heterocycles. The number of nitrogens with zero attached hydrogens (tertiary/aromatic N) is 1. The summed E-state index contributed by atoms with van der Waals surface area (Å²) >= 11 is 0. The molecule has 0 aromatic carbocycles. The third kappa shape index (κ3) is 7.36. The van der Waals surface area contributed by atoms with Crippen molar-refractivity contribution in [1.82, 2.24) is 0 Å². The number of amides is 2. The molecule has 2 N–H and O–H groups in total. The molecule has 0 radical (unpaired) electrons. The fourth-order valence-electron chi connectivity index (χ4n) is 0.440. The van der Waals surface area contributed by atoms with Crippen molar-refractivity contribution in [2.24, 2.45) is 5.73 Å². The summed E-state index contributed by atoms with van der Waals surface area (Å²) in [4.78, 5) is 21.0. The molecule has 0 heterocycles. The van der Waals surface area contributed by atoms with E-state index in [1.54, 1.807) is 0 Å². The van der Waals surface area contributed by atoms with Crippen LogP contribution in [-0.4, -0.2) is 31.6 Å². The van der Waals surface area contributed by atoms with Gasteiger partial charge in [0, 0.05) is 7.11 Å². The van der Waals surface area contributed by atoms with Crippen molar-refractivity contribution in [2.75, 3.05) is 13.7 Å². The van der Waals surface area contributed by atoms with Gasteiger partial charge in [0.25, 0.3) is 0 Å². The molecule has 5 nitrogen and oxygen atoms in total. The van der Waals surface area contributed by atoms with Crippen molar-refractivity contribution < 1.29 is 72.5 Å². The second-order valence-corrected chi connectivity index (χ2v) is 2.03. The summed E-state index contributed by atoms with van der Waals surface area (Å²) in [5.74, 6) is -1.09. The van der Waals surface area contributed by atoms with Crippen LogP contribution in [0.4, 0.5) is 0 Å². The maximum absolute atomic E-state index is 10.7. The van der Waals surface area contributed by atoms with E-state index >= 15 is 0 Å². The summed E-state index contributed by atoms with van der Waals surface area (Å²) in [6.45, 7) is 1.34. The van der Waals surface area contributed by atoms with E-state index in [1.165, 1.54) is 14.0 Å². The first-order valence-corrected chi connectivity index (χ1v) is 3.10. The molecule has 0 fully saturated rings. The average molecular weight is 245 g/mol. The summed E-state index contributed by atoms with van der Waals surface area (Å²) in [6.07, 6.45) is 0. The quantitative estimate of drug-likeness (QED) is 0.555. The van der Waals surface area contributed by atoms with Gasteiger partial charge in [-0.3, -0.25) is 4.79 Å². The van der Waals surface area contributed by atoms with E-state index in [1.807, 2.05) is 0 Å². The van der Waals surface area contributed by atoms with E-state index in [9.17, 15) is 9.59 Å². The van der Waals surface area contributed by atoms with Gasteiger partial charge in [0.15, 0.2) is 0 Å². The second-order valence-electron chi connectivity index (χ2n) is 2.03. The molecule has 0 saturated heterocycles. The summed E-state index contributed by atoms with van der Waals surface area (Å²) in [5.41, 5.74) is 4.85. The van der Waals surface area contributed by atoms with E-state index in [-0.39, 0.29) is 64.8 Å². The van der Waals surface area contributed by atoms with Gasteiger partial charge in [0.05, 0.1) is 12.5 Å². The van der Waals surface area contributed by atoms with E-state index < -0.39 is 17.9 Å². The largest absolute Gasteiger partial charge is 1.00 e. The molecule has 12 heavy (non-hydrogen) atoms. The van der Waals surface area contributed by atoms with Crippen LogP contribution in [-0.2, 0) is 14.3 Å². The van der Waals surface area contributed by atoms with Crippen molar-refractivity contribution in [3.63, 3.8) is 0 Å². The molecule has 2 amide bonds. The molecule has 0 aliphatic heterocycles. The molecule has 0 spiro atoms. The number of primary amides is 1. The maximum atomic E-state index is 10.7. The van der Waals surface area contributed by atoms with Crippen LogP contribution in [0.5, 0.6) is 0 Å². The Balaban J connectivity index is 0. The molecule has 1 unspecified atom stereocenters. The fraction of sp³-hybridized carbons (Fsp3) is 0.667. The van der Waals surface area contributed by atoms with Crippen molar-refractivity contribution in [1.29, 1.82) is 0 Å². The monoisotopic (exact) mass is 244 g/mol. The standard InChI is InChI=1S/C6H12N2O3.Rb/c1-4(6(7)10)8-5(9)3-11-2;/h4H,3H2,1-2H3,(H3,7,8,9,10);/q;+1/p-1. The van der Waals surface area contributed by atoms with E-state index in [4.69, 9.17) is 5.73 Å². The molecule has 0 rings (SSSR count). The Morgan fingerprint density at radius 3 is 2.42 bits per heavy atom. The number of methoxy groups -OCH3 is 1. The van der Waals surface area contributed by atoms with E-state index in [0.717, 1.165) is 0 Å². The Kier molecular flexibility index (Phi) is 10.5. The maximum Gasteiger partial charge on any atom is 1.00 e. The molecular weight excluding hydrogens is 234 g/mol. The van der Waals surface area contributed by atoms with Crippen LogP contribution in [0.15, 0.2) is 0 Å². The van der Waals surface area contributed by atoms with Crippen LogP contribution in [0.1, 0.15) is 6.92 Å². The minimum Gasteiger partial charge on any atom is -0.641 e. The van der Waals surface area contributed by atoms with Crippen molar-refractivity contribution in [3.05, 3.63) is 5.32 Å². The molecule has 0 aliphatic carbocycles. The number of rotatable bonds is 4. The normalized spacial score (nSPS) is 11.2. The van der Waals surface area contributed by atoms with E-state index in [0.29, 0.717) is 0 Å². The van der Waals surface area contributed by atoms with E-state index in [2.05, 4.69) is 10.1 Å². The van der Waals surface area contributed by atoms with Crippen molar-refractivity contribution >= 4 is 11.8 Å². The Hall–Kier alpha value is 0.705. The van der Waals surface area contributed by atoms with Gasteiger partial charge >= 0.3 is 58.2 Å². The molecular formula is C6H11N2O3Rb. The van der Waals surface area contributed by atoms with Gasteiger partial charge in [0.1, 0.15) is 0 Å². The molecule has 64 valence electrons. The zero-order valence-electron chi connectivity index (χ0n) is 7.53. The van der Waals surface area contributed by atoms with Gasteiger partial charge in [0.2, 0.25) is 5.91 Å². The third-order valence-corrected chi connectivity index (χ3v) is 1.02. The predicted molar refractivity (Wildman–Crippen MR) is 38.9 cm³/mol. The third-order valence-electron chi connectivity index (χ3n) is 1.02. The van der Waals surface area contributed by atoms with Gasteiger partial charge in [-0.25, -0.2) is 0 Å². The SMILES string of the molecule is COCC(=O)[N-]C(C)C(N)=O.[Rb+]. The predicted octanol–water partition coefficient (Wildman–Crippen LogP) is -3.59. The van der Waals surface area contributed by atoms with Crippen LogP contribution in [0.3, 0.4) is 0 Å². The first kappa shape index (κ1) is 15.2. The first-order chi connectivity index (χ1) is 5.07.